The van der Waals surface area contributed by atoms with Crippen molar-refractivity contribution in [2.75, 3.05) is 19.7 Å². The highest BCUT2D eigenvalue weighted by atomic mass is 16.5. The highest BCUT2D eigenvalue weighted by Gasteiger charge is 2.27. The number of hydrogen-bond acceptors (Lipinski definition) is 5. The number of nitrogens with one attached hydrogen (secondary N) is 1. The van der Waals surface area contributed by atoms with Crippen LogP contribution in [0.3, 0.4) is 0 Å². The fraction of sp³-hybridized carbons (Fsp3) is 0.846. The van der Waals surface area contributed by atoms with Crippen LogP contribution < -0.4 is 5.32 Å². The second-order valence-corrected chi connectivity index (χ2v) is 5.35. The summed E-state index contributed by atoms with van der Waals surface area (Å²) >= 11 is 0. The number of rotatable bonds is 6. The molecule has 1 atom stereocenters. The molecule has 0 amide bonds. The van der Waals surface area contributed by atoms with E-state index in [2.05, 4.69) is 15.5 Å². The fourth-order valence-electron chi connectivity index (χ4n) is 2.31. The molecular formula is C13H23N3O2. The summed E-state index contributed by atoms with van der Waals surface area (Å²) in [6.45, 7) is 8.79. The third-order valence-corrected chi connectivity index (χ3v) is 3.44. The van der Waals surface area contributed by atoms with Gasteiger partial charge in [0.25, 0.3) is 0 Å². The molecule has 0 spiro atoms. The first-order valence-electron chi connectivity index (χ1n) is 6.79. The van der Waals surface area contributed by atoms with Gasteiger partial charge in [-0.2, -0.15) is 4.98 Å². The summed E-state index contributed by atoms with van der Waals surface area (Å²) in [5.74, 6) is 2.12. The fourth-order valence-corrected chi connectivity index (χ4v) is 2.31. The van der Waals surface area contributed by atoms with Crippen LogP contribution in [-0.2, 0) is 16.8 Å². The van der Waals surface area contributed by atoms with E-state index in [4.69, 9.17) is 9.26 Å². The van der Waals surface area contributed by atoms with Crippen LogP contribution in [0, 0.1) is 5.92 Å². The molecule has 5 nitrogen and oxygen atoms in total. The Labute approximate surface area is 108 Å². The summed E-state index contributed by atoms with van der Waals surface area (Å²) in [6.07, 6.45) is 3.23. The molecule has 1 aromatic heterocycles. The van der Waals surface area contributed by atoms with Gasteiger partial charge in [-0.1, -0.05) is 5.16 Å². The van der Waals surface area contributed by atoms with Crippen molar-refractivity contribution in [2.24, 2.45) is 5.92 Å². The van der Waals surface area contributed by atoms with Gasteiger partial charge in [0, 0.05) is 13.0 Å². The van der Waals surface area contributed by atoms with E-state index in [1.165, 1.54) is 6.42 Å². The van der Waals surface area contributed by atoms with E-state index in [9.17, 15) is 0 Å². The number of aromatic nitrogens is 2. The molecule has 1 fully saturated rings. The summed E-state index contributed by atoms with van der Waals surface area (Å²) < 4.78 is 10.9. The number of ether oxygens (including phenoxy) is 1. The Bertz CT molecular complexity index is 370. The quantitative estimate of drug-likeness (QED) is 0.839. The van der Waals surface area contributed by atoms with Crippen molar-refractivity contribution in [1.29, 1.82) is 0 Å². The van der Waals surface area contributed by atoms with Gasteiger partial charge < -0.3 is 14.6 Å². The van der Waals surface area contributed by atoms with Crippen LogP contribution in [0.2, 0.25) is 0 Å². The van der Waals surface area contributed by atoms with Crippen LogP contribution in [0.1, 0.15) is 45.3 Å². The molecule has 18 heavy (non-hydrogen) atoms. The van der Waals surface area contributed by atoms with Gasteiger partial charge in [0.2, 0.25) is 11.7 Å². The van der Waals surface area contributed by atoms with Crippen LogP contribution in [-0.4, -0.2) is 29.8 Å². The van der Waals surface area contributed by atoms with E-state index >= 15 is 0 Å². The van der Waals surface area contributed by atoms with Gasteiger partial charge in [0.1, 0.15) is 5.60 Å². The monoisotopic (exact) mass is 253 g/mol. The summed E-state index contributed by atoms with van der Waals surface area (Å²) in [7, 11) is 0. The summed E-state index contributed by atoms with van der Waals surface area (Å²) in [5, 5.41) is 7.39. The van der Waals surface area contributed by atoms with Crippen molar-refractivity contribution in [3.05, 3.63) is 11.7 Å². The smallest absolute Gasteiger partial charge is 0.226 e. The SMILES string of the molecule is CCOC(C)(C)c1noc(CCC2CCNC2)n1. The Morgan fingerprint density at radius 1 is 1.50 bits per heavy atom. The lowest BCUT2D eigenvalue weighted by atomic mass is 10.0. The van der Waals surface area contributed by atoms with Gasteiger partial charge in [-0.15, -0.1) is 0 Å². The van der Waals surface area contributed by atoms with Gasteiger partial charge >= 0.3 is 0 Å². The molecule has 0 aliphatic carbocycles. The topological polar surface area (TPSA) is 60.2 Å². The second-order valence-electron chi connectivity index (χ2n) is 5.35. The van der Waals surface area contributed by atoms with Crippen LogP contribution in [0.15, 0.2) is 4.52 Å². The molecule has 1 aliphatic heterocycles. The van der Waals surface area contributed by atoms with E-state index < -0.39 is 5.60 Å². The van der Waals surface area contributed by atoms with Crippen molar-refractivity contribution in [1.82, 2.24) is 15.5 Å². The van der Waals surface area contributed by atoms with Gasteiger partial charge in [-0.25, -0.2) is 0 Å². The van der Waals surface area contributed by atoms with Crippen LogP contribution in [0.4, 0.5) is 0 Å². The number of nitrogens with zero attached hydrogens (tertiary/aromatic N) is 2. The van der Waals surface area contributed by atoms with Crippen molar-refractivity contribution in [3.63, 3.8) is 0 Å². The summed E-state index contributed by atoms with van der Waals surface area (Å²) in [5.41, 5.74) is -0.467. The normalized spacial score (nSPS) is 20.5. The van der Waals surface area contributed by atoms with Crippen molar-refractivity contribution in [2.45, 2.75) is 45.6 Å². The van der Waals surface area contributed by atoms with Gasteiger partial charge in [0.15, 0.2) is 0 Å². The average Bonchev–Trinajstić information content (AvgIpc) is 2.98. The molecule has 5 heteroatoms. The Hall–Kier alpha value is -0.940. The zero-order chi connectivity index (χ0) is 13.0. The maximum atomic E-state index is 5.61. The van der Waals surface area contributed by atoms with Gasteiger partial charge in [-0.05, 0) is 52.6 Å². The predicted octanol–water partition coefficient (Wildman–Crippen LogP) is 1.88. The predicted molar refractivity (Wildman–Crippen MR) is 68.2 cm³/mol. The minimum absolute atomic E-state index is 0.467. The maximum absolute atomic E-state index is 5.61. The van der Waals surface area contributed by atoms with E-state index in [0.29, 0.717) is 12.4 Å². The highest BCUT2D eigenvalue weighted by molar-refractivity contribution is 4.97. The van der Waals surface area contributed by atoms with Crippen LogP contribution in [0.25, 0.3) is 0 Å². The number of aryl methyl sites for hydroxylation is 1. The average molecular weight is 253 g/mol. The molecule has 0 saturated carbocycles. The molecule has 0 radical (unpaired) electrons. The molecule has 1 N–H and O–H groups in total. The van der Waals surface area contributed by atoms with Crippen molar-refractivity contribution < 1.29 is 9.26 Å². The first kappa shape index (κ1) is 13.5. The van der Waals surface area contributed by atoms with E-state index in [-0.39, 0.29) is 0 Å². The Morgan fingerprint density at radius 2 is 2.33 bits per heavy atom. The van der Waals surface area contributed by atoms with E-state index in [1.54, 1.807) is 0 Å². The van der Waals surface area contributed by atoms with Crippen molar-refractivity contribution >= 4 is 0 Å². The zero-order valence-corrected chi connectivity index (χ0v) is 11.5. The standard InChI is InChI=1S/C13H23N3O2/c1-4-17-13(2,3)12-15-11(18-16-12)6-5-10-7-8-14-9-10/h10,14H,4-9H2,1-3H3. The third kappa shape index (κ3) is 3.29. The molecule has 1 saturated heterocycles. The molecule has 1 unspecified atom stereocenters. The molecular weight excluding hydrogens is 230 g/mol. The first-order valence-corrected chi connectivity index (χ1v) is 6.79. The lowest BCUT2D eigenvalue weighted by Crippen LogP contribution is -2.23. The molecule has 1 aliphatic rings. The summed E-state index contributed by atoms with van der Waals surface area (Å²) in [4.78, 5) is 4.44. The van der Waals surface area contributed by atoms with E-state index in [1.807, 2.05) is 20.8 Å². The maximum Gasteiger partial charge on any atom is 0.226 e. The Kier molecular flexibility index (Phi) is 4.35. The lowest BCUT2D eigenvalue weighted by Gasteiger charge is -2.19. The first-order chi connectivity index (χ1) is 8.62. The largest absolute Gasteiger partial charge is 0.368 e. The number of hydrogen-bond donors (Lipinski definition) is 1. The second kappa shape index (κ2) is 5.80. The molecule has 2 heterocycles. The molecule has 0 bridgehead atoms. The Balaban J connectivity index is 1.89. The third-order valence-electron chi connectivity index (χ3n) is 3.44. The lowest BCUT2D eigenvalue weighted by molar-refractivity contribution is -0.0221. The van der Waals surface area contributed by atoms with E-state index in [0.717, 1.165) is 37.7 Å². The molecule has 0 aromatic carbocycles. The van der Waals surface area contributed by atoms with Crippen LogP contribution in [0.5, 0.6) is 0 Å². The zero-order valence-electron chi connectivity index (χ0n) is 11.5. The van der Waals surface area contributed by atoms with Gasteiger partial charge in [-0.3, -0.25) is 0 Å². The van der Waals surface area contributed by atoms with Crippen LogP contribution >= 0.6 is 0 Å². The summed E-state index contributed by atoms with van der Waals surface area (Å²) in [6, 6.07) is 0. The minimum Gasteiger partial charge on any atom is -0.368 e. The Morgan fingerprint density at radius 3 is 3.00 bits per heavy atom. The van der Waals surface area contributed by atoms with Crippen molar-refractivity contribution in [3.8, 4) is 0 Å². The van der Waals surface area contributed by atoms with Gasteiger partial charge in [0.05, 0.1) is 0 Å². The molecule has 2 rings (SSSR count). The molecule has 1 aromatic rings. The highest BCUT2D eigenvalue weighted by Crippen LogP contribution is 2.22. The molecule has 102 valence electrons. The minimum atomic E-state index is -0.467.